The molecule has 1 heterocycles. The molecule has 5 heteroatoms. The van der Waals surface area contributed by atoms with Crippen LogP contribution in [0.15, 0.2) is 66.7 Å². The molecule has 1 amide bonds. The maximum Gasteiger partial charge on any atom is 0.241 e. The summed E-state index contributed by atoms with van der Waals surface area (Å²) in [6.07, 6.45) is 0.919. The second-order valence-corrected chi connectivity index (χ2v) is 8.12. The summed E-state index contributed by atoms with van der Waals surface area (Å²) in [4.78, 5) is 40.8. The van der Waals surface area contributed by atoms with Crippen LogP contribution in [0.3, 0.4) is 0 Å². The Morgan fingerprint density at radius 2 is 1.45 bits per heavy atom. The van der Waals surface area contributed by atoms with Gasteiger partial charge in [0.1, 0.15) is 0 Å². The zero-order valence-electron chi connectivity index (χ0n) is 17.2. The van der Waals surface area contributed by atoms with Crippen LogP contribution in [0.2, 0.25) is 0 Å². The van der Waals surface area contributed by atoms with E-state index in [1.165, 1.54) is 11.1 Å². The van der Waals surface area contributed by atoms with Crippen LogP contribution in [0.5, 0.6) is 0 Å². The van der Waals surface area contributed by atoms with Crippen molar-refractivity contribution in [3.63, 3.8) is 0 Å². The van der Waals surface area contributed by atoms with Crippen molar-refractivity contribution in [2.45, 2.75) is 25.9 Å². The number of ketones is 2. The van der Waals surface area contributed by atoms with Gasteiger partial charge in [0.15, 0.2) is 11.6 Å². The van der Waals surface area contributed by atoms with Crippen molar-refractivity contribution >= 4 is 23.2 Å². The first-order valence-corrected chi connectivity index (χ1v) is 10.5. The van der Waals surface area contributed by atoms with Crippen molar-refractivity contribution in [3.05, 3.63) is 100 Å². The molecule has 0 fully saturated rings. The second kappa shape index (κ2) is 7.60. The molecule has 1 aliphatic heterocycles. The summed E-state index contributed by atoms with van der Waals surface area (Å²) in [7, 11) is 0. The van der Waals surface area contributed by atoms with E-state index in [1.807, 2.05) is 19.1 Å². The van der Waals surface area contributed by atoms with Crippen molar-refractivity contribution in [1.82, 2.24) is 4.90 Å². The van der Waals surface area contributed by atoms with Crippen molar-refractivity contribution in [3.8, 4) is 0 Å². The summed E-state index contributed by atoms with van der Waals surface area (Å²) < 4.78 is 0. The van der Waals surface area contributed by atoms with E-state index >= 15 is 0 Å². The fraction of sp³-hybridized carbons (Fsp3) is 0.192. The van der Waals surface area contributed by atoms with E-state index in [4.69, 9.17) is 0 Å². The van der Waals surface area contributed by atoms with E-state index in [0.29, 0.717) is 27.9 Å². The third-order valence-electron chi connectivity index (χ3n) is 6.28. The van der Waals surface area contributed by atoms with E-state index in [-0.39, 0.29) is 23.5 Å². The molecule has 1 atom stereocenters. The normalized spacial score (nSPS) is 16.2. The van der Waals surface area contributed by atoms with Crippen molar-refractivity contribution < 1.29 is 14.4 Å². The van der Waals surface area contributed by atoms with Crippen LogP contribution in [0.4, 0.5) is 5.69 Å². The van der Waals surface area contributed by atoms with Gasteiger partial charge in [-0.2, -0.15) is 0 Å². The Kier molecular flexibility index (Phi) is 4.75. The number of fused-ring (bicyclic) bond motifs is 3. The Morgan fingerprint density at radius 3 is 2.19 bits per heavy atom. The molecule has 0 bridgehead atoms. The molecular formula is C26H22N2O3. The van der Waals surface area contributed by atoms with Crippen LogP contribution in [0, 0.1) is 0 Å². The van der Waals surface area contributed by atoms with Gasteiger partial charge in [-0.3, -0.25) is 19.3 Å². The lowest BCUT2D eigenvalue weighted by atomic mass is 9.84. The predicted molar refractivity (Wildman–Crippen MR) is 118 cm³/mol. The molecule has 5 rings (SSSR count). The summed E-state index contributed by atoms with van der Waals surface area (Å²) in [5.41, 5.74) is 4.66. The number of benzene rings is 3. The molecule has 3 aromatic carbocycles. The first-order chi connectivity index (χ1) is 15.0. The van der Waals surface area contributed by atoms with Gasteiger partial charge in [-0.15, -0.1) is 0 Å². The van der Waals surface area contributed by atoms with E-state index in [0.717, 1.165) is 19.5 Å². The number of nitrogens with one attached hydrogen (secondary N) is 1. The molecule has 2 aliphatic rings. The lowest BCUT2D eigenvalue weighted by Gasteiger charge is -2.33. The maximum atomic E-state index is 12.9. The number of anilines is 1. The maximum absolute atomic E-state index is 12.9. The van der Waals surface area contributed by atoms with E-state index < -0.39 is 0 Å². The fourth-order valence-corrected chi connectivity index (χ4v) is 4.44. The smallest absolute Gasteiger partial charge is 0.241 e. The molecule has 1 N–H and O–H groups in total. The summed E-state index contributed by atoms with van der Waals surface area (Å²) in [6.45, 7) is 3.45. The van der Waals surface area contributed by atoms with Gasteiger partial charge in [-0.1, -0.05) is 48.5 Å². The summed E-state index contributed by atoms with van der Waals surface area (Å²) in [6, 6.07) is 19.8. The number of hydrogen-bond acceptors (Lipinski definition) is 4. The Morgan fingerprint density at radius 1 is 0.839 bits per heavy atom. The average Bonchev–Trinajstić information content (AvgIpc) is 2.81. The van der Waals surface area contributed by atoms with Crippen LogP contribution in [0.1, 0.15) is 49.9 Å². The van der Waals surface area contributed by atoms with Gasteiger partial charge in [0.25, 0.3) is 0 Å². The monoisotopic (exact) mass is 410 g/mol. The highest BCUT2D eigenvalue weighted by atomic mass is 16.2. The van der Waals surface area contributed by atoms with E-state index in [2.05, 4.69) is 22.3 Å². The predicted octanol–water partition coefficient (Wildman–Crippen LogP) is 3.85. The molecule has 3 aromatic rings. The molecule has 0 spiro atoms. The van der Waals surface area contributed by atoms with Crippen molar-refractivity contribution in [2.75, 3.05) is 11.9 Å². The van der Waals surface area contributed by atoms with Gasteiger partial charge in [0, 0.05) is 41.0 Å². The summed E-state index contributed by atoms with van der Waals surface area (Å²) in [5, 5.41) is 2.93. The number of rotatable bonds is 3. The third-order valence-corrected chi connectivity index (χ3v) is 6.28. The standard InChI is InChI=1S/C26H22N2O3/c1-16(28-13-12-17-6-2-3-7-18(17)15-28)26(31)27-19-10-11-22-23(14-19)25(30)21-9-5-4-8-20(21)24(22)29/h2-11,14,16H,12-13,15H2,1H3,(H,27,31)/t16-/m1/s1. The van der Waals surface area contributed by atoms with E-state index in [9.17, 15) is 14.4 Å². The minimum Gasteiger partial charge on any atom is -0.325 e. The summed E-state index contributed by atoms with van der Waals surface area (Å²) in [5.74, 6) is -0.486. The van der Waals surface area contributed by atoms with Gasteiger partial charge in [0.2, 0.25) is 5.91 Å². The summed E-state index contributed by atoms with van der Waals surface area (Å²) >= 11 is 0. The van der Waals surface area contributed by atoms with E-state index in [1.54, 1.807) is 42.5 Å². The highest BCUT2D eigenvalue weighted by molar-refractivity contribution is 6.28. The molecule has 5 nitrogen and oxygen atoms in total. The zero-order chi connectivity index (χ0) is 21.5. The quantitative estimate of drug-likeness (QED) is 0.557. The Hall–Kier alpha value is -3.57. The third kappa shape index (κ3) is 3.37. The van der Waals surface area contributed by atoms with Crippen LogP contribution in [0.25, 0.3) is 0 Å². The largest absolute Gasteiger partial charge is 0.325 e. The molecule has 31 heavy (non-hydrogen) atoms. The molecule has 1 aliphatic carbocycles. The molecule has 0 saturated carbocycles. The van der Waals surface area contributed by atoms with Gasteiger partial charge in [-0.05, 0) is 42.7 Å². The van der Waals surface area contributed by atoms with Crippen molar-refractivity contribution in [2.24, 2.45) is 0 Å². The molecular weight excluding hydrogens is 388 g/mol. The van der Waals surface area contributed by atoms with Crippen LogP contribution >= 0.6 is 0 Å². The first-order valence-electron chi connectivity index (χ1n) is 10.5. The highest BCUT2D eigenvalue weighted by Crippen LogP contribution is 2.29. The number of hydrogen-bond donors (Lipinski definition) is 1. The topological polar surface area (TPSA) is 66.5 Å². The molecule has 0 radical (unpaired) electrons. The fourth-order valence-electron chi connectivity index (χ4n) is 4.44. The number of amides is 1. The minimum atomic E-state index is -0.317. The number of carbonyl (C=O) groups is 3. The number of nitrogens with zero attached hydrogens (tertiary/aromatic N) is 1. The van der Waals surface area contributed by atoms with Gasteiger partial charge in [0.05, 0.1) is 6.04 Å². The lowest BCUT2D eigenvalue weighted by molar-refractivity contribution is -0.121. The molecule has 0 unspecified atom stereocenters. The molecule has 154 valence electrons. The average molecular weight is 410 g/mol. The number of carbonyl (C=O) groups excluding carboxylic acids is 3. The minimum absolute atomic E-state index is 0.130. The second-order valence-electron chi connectivity index (χ2n) is 8.12. The zero-order valence-corrected chi connectivity index (χ0v) is 17.2. The Bertz CT molecular complexity index is 1230. The van der Waals surface area contributed by atoms with Gasteiger partial charge >= 0.3 is 0 Å². The van der Waals surface area contributed by atoms with Gasteiger partial charge < -0.3 is 5.32 Å². The van der Waals surface area contributed by atoms with Crippen LogP contribution in [-0.4, -0.2) is 35.0 Å². The van der Waals surface area contributed by atoms with Crippen molar-refractivity contribution in [1.29, 1.82) is 0 Å². The molecule has 0 aromatic heterocycles. The Balaban J connectivity index is 1.35. The Labute approximate surface area is 180 Å². The van der Waals surface area contributed by atoms with Gasteiger partial charge in [-0.25, -0.2) is 0 Å². The first kappa shape index (κ1) is 19.4. The van der Waals surface area contributed by atoms with Crippen LogP contribution < -0.4 is 5.32 Å². The lowest BCUT2D eigenvalue weighted by Crippen LogP contribution is -2.44. The SMILES string of the molecule is C[C@H](C(=O)Nc1ccc2c(c1)C(=O)c1ccccc1C2=O)N1CCc2ccccc2C1. The highest BCUT2D eigenvalue weighted by Gasteiger charge is 2.30. The van der Waals surface area contributed by atoms with Crippen LogP contribution in [-0.2, 0) is 17.8 Å². The molecule has 0 saturated heterocycles.